The number of likely N-dealkylation sites (N-methyl/N-ethyl adjacent to an activating group) is 1. The first kappa shape index (κ1) is 12.4. The van der Waals surface area contributed by atoms with E-state index in [9.17, 15) is 9.90 Å². The van der Waals surface area contributed by atoms with Gasteiger partial charge in [-0.15, -0.1) is 0 Å². The SMILES string of the molecule is CNC(C(=O)O)c1ccc(OC)c2ccccc12. The third kappa shape index (κ3) is 2.02. The number of rotatable bonds is 4. The summed E-state index contributed by atoms with van der Waals surface area (Å²) in [5, 5.41) is 13.8. The molecule has 0 amide bonds. The topological polar surface area (TPSA) is 58.6 Å². The van der Waals surface area contributed by atoms with Crippen molar-refractivity contribution in [2.24, 2.45) is 0 Å². The lowest BCUT2D eigenvalue weighted by Gasteiger charge is -2.16. The number of ether oxygens (including phenoxy) is 1. The maximum absolute atomic E-state index is 11.2. The van der Waals surface area contributed by atoms with Crippen LogP contribution in [-0.2, 0) is 4.79 Å². The molecule has 4 nitrogen and oxygen atoms in total. The first-order valence-electron chi connectivity index (χ1n) is 5.64. The van der Waals surface area contributed by atoms with E-state index in [1.54, 1.807) is 26.3 Å². The molecule has 18 heavy (non-hydrogen) atoms. The van der Waals surface area contributed by atoms with Gasteiger partial charge in [-0.25, -0.2) is 0 Å². The van der Waals surface area contributed by atoms with E-state index in [4.69, 9.17) is 4.74 Å². The number of hydrogen-bond acceptors (Lipinski definition) is 3. The van der Waals surface area contributed by atoms with Crippen LogP contribution in [0.25, 0.3) is 10.8 Å². The van der Waals surface area contributed by atoms with Gasteiger partial charge in [-0.05, 0) is 24.1 Å². The molecule has 0 fully saturated rings. The fraction of sp³-hybridized carbons (Fsp3) is 0.214. The van der Waals surface area contributed by atoms with Crippen LogP contribution in [-0.4, -0.2) is 25.2 Å². The second kappa shape index (κ2) is 5.06. The minimum atomic E-state index is -0.896. The molecule has 0 aliphatic rings. The smallest absolute Gasteiger partial charge is 0.325 e. The van der Waals surface area contributed by atoms with E-state index in [1.165, 1.54) is 0 Å². The zero-order chi connectivity index (χ0) is 13.1. The fourth-order valence-electron chi connectivity index (χ4n) is 2.14. The Balaban J connectivity index is 2.69. The van der Waals surface area contributed by atoms with Gasteiger partial charge in [-0.1, -0.05) is 30.3 Å². The van der Waals surface area contributed by atoms with Crippen LogP contribution < -0.4 is 10.1 Å². The van der Waals surface area contributed by atoms with Gasteiger partial charge in [0.1, 0.15) is 11.8 Å². The molecular weight excluding hydrogens is 230 g/mol. The zero-order valence-corrected chi connectivity index (χ0v) is 10.3. The molecule has 0 bridgehead atoms. The van der Waals surface area contributed by atoms with Gasteiger partial charge in [0.25, 0.3) is 0 Å². The van der Waals surface area contributed by atoms with Gasteiger partial charge in [0.05, 0.1) is 7.11 Å². The molecule has 0 heterocycles. The van der Waals surface area contributed by atoms with Crippen LogP contribution in [0.4, 0.5) is 0 Å². The molecule has 0 saturated heterocycles. The lowest BCUT2D eigenvalue weighted by atomic mass is 9.98. The Hall–Kier alpha value is -2.07. The van der Waals surface area contributed by atoms with E-state index >= 15 is 0 Å². The number of carbonyl (C=O) groups is 1. The molecule has 0 aromatic heterocycles. The first-order chi connectivity index (χ1) is 8.69. The van der Waals surface area contributed by atoms with Crippen molar-refractivity contribution in [2.45, 2.75) is 6.04 Å². The summed E-state index contributed by atoms with van der Waals surface area (Å²) < 4.78 is 5.29. The molecule has 2 aromatic rings. The summed E-state index contributed by atoms with van der Waals surface area (Å²) in [6.07, 6.45) is 0. The summed E-state index contributed by atoms with van der Waals surface area (Å²) in [6.45, 7) is 0. The molecule has 4 heteroatoms. The summed E-state index contributed by atoms with van der Waals surface area (Å²) >= 11 is 0. The second-order valence-corrected chi connectivity index (χ2v) is 3.96. The number of nitrogens with one attached hydrogen (secondary N) is 1. The Morgan fingerprint density at radius 2 is 1.89 bits per heavy atom. The quantitative estimate of drug-likeness (QED) is 0.867. The highest BCUT2D eigenvalue weighted by molar-refractivity contribution is 5.94. The average molecular weight is 245 g/mol. The van der Waals surface area contributed by atoms with E-state index < -0.39 is 12.0 Å². The fourth-order valence-corrected chi connectivity index (χ4v) is 2.14. The summed E-state index contributed by atoms with van der Waals surface area (Å²) in [5.41, 5.74) is 0.737. The highest BCUT2D eigenvalue weighted by atomic mass is 16.5. The summed E-state index contributed by atoms with van der Waals surface area (Å²) in [4.78, 5) is 11.2. The molecule has 0 aliphatic carbocycles. The van der Waals surface area contributed by atoms with Gasteiger partial charge >= 0.3 is 5.97 Å². The van der Waals surface area contributed by atoms with E-state index in [1.807, 2.05) is 24.3 Å². The molecule has 0 radical (unpaired) electrons. The molecule has 94 valence electrons. The maximum atomic E-state index is 11.2. The molecule has 0 saturated carbocycles. The van der Waals surface area contributed by atoms with Crippen molar-refractivity contribution in [3.8, 4) is 5.75 Å². The molecule has 2 rings (SSSR count). The minimum absolute atomic E-state index is 0.721. The lowest BCUT2D eigenvalue weighted by Crippen LogP contribution is -2.25. The Morgan fingerprint density at radius 3 is 2.44 bits per heavy atom. The first-order valence-corrected chi connectivity index (χ1v) is 5.64. The normalized spacial score (nSPS) is 12.3. The monoisotopic (exact) mass is 245 g/mol. The largest absolute Gasteiger partial charge is 0.496 e. The third-order valence-electron chi connectivity index (χ3n) is 2.98. The van der Waals surface area contributed by atoms with Crippen molar-refractivity contribution in [3.05, 3.63) is 42.0 Å². The average Bonchev–Trinajstić information content (AvgIpc) is 2.39. The molecule has 2 aromatic carbocycles. The Labute approximate surface area is 105 Å². The summed E-state index contributed by atoms with van der Waals surface area (Å²) in [5.74, 6) is -0.151. The van der Waals surface area contributed by atoms with Gasteiger partial charge in [0, 0.05) is 5.39 Å². The third-order valence-corrected chi connectivity index (χ3v) is 2.98. The predicted octanol–water partition coefficient (Wildman–Crippen LogP) is 2.19. The lowest BCUT2D eigenvalue weighted by molar-refractivity contribution is -0.139. The van der Waals surface area contributed by atoms with Gasteiger partial charge in [0.2, 0.25) is 0 Å². The molecule has 1 unspecified atom stereocenters. The number of methoxy groups -OCH3 is 1. The Bertz CT molecular complexity index is 580. The maximum Gasteiger partial charge on any atom is 0.325 e. The number of carboxylic acid groups (broad SMARTS) is 1. The molecule has 0 spiro atoms. The van der Waals surface area contributed by atoms with Crippen LogP contribution in [0, 0.1) is 0 Å². The highest BCUT2D eigenvalue weighted by Gasteiger charge is 2.20. The zero-order valence-electron chi connectivity index (χ0n) is 10.3. The van der Waals surface area contributed by atoms with E-state index in [0.717, 1.165) is 22.1 Å². The summed E-state index contributed by atoms with van der Waals surface area (Å²) in [7, 11) is 3.24. The van der Waals surface area contributed by atoms with Crippen LogP contribution in [0.3, 0.4) is 0 Å². The predicted molar refractivity (Wildman–Crippen MR) is 69.9 cm³/mol. The standard InChI is InChI=1S/C14H15NO3/c1-15-13(14(16)17)11-7-8-12(18-2)10-6-4-3-5-9(10)11/h3-8,13,15H,1-2H3,(H,16,17). The Morgan fingerprint density at radius 1 is 1.22 bits per heavy atom. The van der Waals surface area contributed by atoms with Crippen molar-refractivity contribution < 1.29 is 14.6 Å². The van der Waals surface area contributed by atoms with Crippen molar-refractivity contribution >= 4 is 16.7 Å². The van der Waals surface area contributed by atoms with Gasteiger partial charge in [0.15, 0.2) is 0 Å². The number of hydrogen-bond donors (Lipinski definition) is 2. The summed E-state index contributed by atoms with van der Waals surface area (Å²) in [6, 6.07) is 10.5. The van der Waals surface area contributed by atoms with Gasteiger partial charge in [-0.2, -0.15) is 0 Å². The highest BCUT2D eigenvalue weighted by Crippen LogP contribution is 2.31. The van der Waals surface area contributed by atoms with E-state index in [-0.39, 0.29) is 0 Å². The van der Waals surface area contributed by atoms with E-state index in [2.05, 4.69) is 5.32 Å². The van der Waals surface area contributed by atoms with Crippen molar-refractivity contribution in [1.29, 1.82) is 0 Å². The second-order valence-electron chi connectivity index (χ2n) is 3.96. The number of benzene rings is 2. The molecule has 2 N–H and O–H groups in total. The number of fused-ring (bicyclic) bond motifs is 1. The number of carboxylic acids is 1. The van der Waals surface area contributed by atoms with E-state index in [0.29, 0.717) is 0 Å². The Kier molecular flexibility index (Phi) is 3.48. The molecule has 0 aliphatic heterocycles. The van der Waals surface area contributed by atoms with Crippen LogP contribution in [0.5, 0.6) is 5.75 Å². The van der Waals surface area contributed by atoms with Crippen LogP contribution in [0.2, 0.25) is 0 Å². The van der Waals surface area contributed by atoms with Crippen molar-refractivity contribution in [3.63, 3.8) is 0 Å². The van der Waals surface area contributed by atoms with Crippen molar-refractivity contribution in [2.75, 3.05) is 14.2 Å². The number of aliphatic carboxylic acids is 1. The van der Waals surface area contributed by atoms with Crippen molar-refractivity contribution in [1.82, 2.24) is 5.32 Å². The van der Waals surface area contributed by atoms with Gasteiger partial charge < -0.3 is 15.2 Å². The molecular formula is C14H15NO3. The van der Waals surface area contributed by atoms with Crippen LogP contribution in [0.15, 0.2) is 36.4 Å². The molecule has 1 atom stereocenters. The van der Waals surface area contributed by atoms with Gasteiger partial charge in [-0.3, -0.25) is 4.79 Å². The van der Waals surface area contributed by atoms with Crippen LogP contribution >= 0.6 is 0 Å². The minimum Gasteiger partial charge on any atom is -0.496 e. The van der Waals surface area contributed by atoms with Crippen LogP contribution in [0.1, 0.15) is 11.6 Å².